The van der Waals surface area contributed by atoms with Crippen molar-refractivity contribution in [1.29, 1.82) is 0 Å². The molecule has 0 aliphatic heterocycles. The first-order valence-corrected chi connectivity index (χ1v) is 7.73. The molecule has 0 bridgehead atoms. The summed E-state index contributed by atoms with van der Waals surface area (Å²) in [6.45, 7) is 0. The Morgan fingerprint density at radius 3 is 2.75 bits per heavy atom. The highest BCUT2D eigenvalue weighted by Crippen LogP contribution is 2.24. The van der Waals surface area contributed by atoms with E-state index in [1.54, 1.807) is 6.21 Å². The molecular formula is C17H13ClN6. The van der Waals surface area contributed by atoms with E-state index < -0.39 is 0 Å². The number of aromatic nitrogens is 4. The Labute approximate surface area is 142 Å². The van der Waals surface area contributed by atoms with E-state index in [1.807, 2.05) is 60.1 Å². The molecule has 0 spiro atoms. The molecule has 0 saturated heterocycles. The third kappa shape index (κ3) is 2.47. The number of anilines is 1. The van der Waals surface area contributed by atoms with Gasteiger partial charge in [-0.25, -0.2) is 5.43 Å². The van der Waals surface area contributed by atoms with E-state index in [1.165, 1.54) is 0 Å². The summed E-state index contributed by atoms with van der Waals surface area (Å²) in [7, 11) is 1.95. The molecule has 6 nitrogen and oxygen atoms in total. The molecule has 4 rings (SSSR count). The number of nitrogens with zero attached hydrogens (tertiary/aromatic N) is 5. The highest BCUT2D eigenvalue weighted by Gasteiger charge is 2.11. The lowest BCUT2D eigenvalue weighted by Crippen LogP contribution is -2.00. The van der Waals surface area contributed by atoms with Crippen LogP contribution in [0.2, 0.25) is 5.02 Å². The predicted molar refractivity (Wildman–Crippen MR) is 96.5 cm³/mol. The molecule has 0 aliphatic carbocycles. The SMILES string of the molecule is Cn1c2ccccc2c2nnc(N/N=C\c3ccccc3Cl)nc21. The summed E-state index contributed by atoms with van der Waals surface area (Å²) in [6, 6.07) is 15.5. The minimum atomic E-state index is 0.330. The van der Waals surface area contributed by atoms with Crippen LogP contribution in [0.15, 0.2) is 53.6 Å². The van der Waals surface area contributed by atoms with Gasteiger partial charge in [0.15, 0.2) is 5.65 Å². The Balaban J connectivity index is 1.67. The minimum Gasteiger partial charge on any atom is -0.327 e. The number of benzene rings is 2. The second-order valence-corrected chi connectivity index (χ2v) is 5.68. The van der Waals surface area contributed by atoms with Gasteiger partial charge in [-0.2, -0.15) is 10.1 Å². The minimum absolute atomic E-state index is 0.330. The van der Waals surface area contributed by atoms with Crippen LogP contribution in [-0.2, 0) is 7.05 Å². The first-order chi connectivity index (χ1) is 11.7. The standard InChI is InChI=1S/C17H13ClN6/c1-24-14-9-5-3-7-12(14)15-16(24)20-17(23-21-15)22-19-10-11-6-2-4-8-13(11)18/h2-10H,1H3,(H,20,22,23)/b19-10-. The van der Waals surface area contributed by atoms with E-state index in [0.29, 0.717) is 11.0 Å². The number of hydrazone groups is 1. The number of rotatable bonds is 3. The van der Waals surface area contributed by atoms with Crippen LogP contribution in [0, 0.1) is 0 Å². The zero-order valence-electron chi connectivity index (χ0n) is 12.8. The van der Waals surface area contributed by atoms with Crippen molar-refractivity contribution in [2.45, 2.75) is 0 Å². The number of halogens is 1. The van der Waals surface area contributed by atoms with E-state index >= 15 is 0 Å². The summed E-state index contributed by atoms with van der Waals surface area (Å²) < 4.78 is 1.99. The van der Waals surface area contributed by atoms with Gasteiger partial charge in [0.05, 0.1) is 11.7 Å². The van der Waals surface area contributed by atoms with Gasteiger partial charge in [-0.1, -0.05) is 48.0 Å². The van der Waals surface area contributed by atoms with Crippen LogP contribution in [0.5, 0.6) is 0 Å². The number of nitrogens with one attached hydrogen (secondary N) is 1. The van der Waals surface area contributed by atoms with Gasteiger partial charge in [0.1, 0.15) is 5.52 Å². The molecule has 2 heterocycles. The topological polar surface area (TPSA) is 68.0 Å². The van der Waals surface area contributed by atoms with Gasteiger partial charge in [-0.3, -0.25) is 0 Å². The van der Waals surface area contributed by atoms with Gasteiger partial charge < -0.3 is 4.57 Å². The lowest BCUT2D eigenvalue weighted by atomic mass is 10.2. The molecule has 2 aromatic heterocycles. The summed E-state index contributed by atoms with van der Waals surface area (Å²) in [5.41, 5.74) is 6.19. The summed E-state index contributed by atoms with van der Waals surface area (Å²) in [5.74, 6) is 0.330. The van der Waals surface area contributed by atoms with Crippen LogP contribution in [0.4, 0.5) is 5.95 Å². The van der Waals surface area contributed by atoms with Gasteiger partial charge in [-0.15, -0.1) is 10.2 Å². The fourth-order valence-electron chi connectivity index (χ4n) is 2.59. The summed E-state index contributed by atoms with van der Waals surface area (Å²) in [5, 5.41) is 14.2. The summed E-state index contributed by atoms with van der Waals surface area (Å²) in [6.07, 6.45) is 1.62. The van der Waals surface area contributed by atoms with Gasteiger partial charge in [0.2, 0.25) is 0 Å². The van der Waals surface area contributed by atoms with Crippen LogP contribution in [-0.4, -0.2) is 26.0 Å². The van der Waals surface area contributed by atoms with Crippen molar-refractivity contribution in [3.05, 3.63) is 59.1 Å². The Kier molecular flexibility index (Phi) is 3.59. The lowest BCUT2D eigenvalue weighted by molar-refractivity contribution is 0.949. The highest BCUT2D eigenvalue weighted by molar-refractivity contribution is 6.33. The molecule has 0 amide bonds. The first-order valence-electron chi connectivity index (χ1n) is 7.35. The molecule has 0 radical (unpaired) electrons. The van der Waals surface area contributed by atoms with Crippen molar-refractivity contribution < 1.29 is 0 Å². The fraction of sp³-hybridized carbons (Fsp3) is 0.0588. The van der Waals surface area contributed by atoms with E-state index in [2.05, 4.69) is 25.7 Å². The molecule has 24 heavy (non-hydrogen) atoms. The average Bonchev–Trinajstić information content (AvgIpc) is 2.90. The predicted octanol–water partition coefficient (Wildman–Crippen LogP) is 3.62. The maximum absolute atomic E-state index is 6.08. The van der Waals surface area contributed by atoms with Crippen LogP contribution >= 0.6 is 11.6 Å². The summed E-state index contributed by atoms with van der Waals surface area (Å²) in [4.78, 5) is 4.50. The average molecular weight is 337 g/mol. The molecule has 0 atom stereocenters. The van der Waals surface area contributed by atoms with E-state index in [9.17, 15) is 0 Å². The largest absolute Gasteiger partial charge is 0.327 e. The van der Waals surface area contributed by atoms with Crippen molar-refractivity contribution in [2.75, 3.05) is 5.43 Å². The molecular weight excluding hydrogens is 324 g/mol. The third-order valence-corrected chi connectivity index (χ3v) is 4.12. The van der Waals surface area contributed by atoms with Gasteiger partial charge in [-0.05, 0) is 12.1 Å². The van der Waals surface area contributed by atoms with Crippen LogP contribution in [0.25, 0.3) is 22.1 Å². The number of fused-ring (bicyclic) bond motifs is 3. The van der Waals surface area contributed by atoms with Crippen LogP contribution in [0.3, 0.4) is 0 Å². The number of hydrogen-bond acceptors (Lipinski definition) is 5. The molecule has 0 unspecified atom stereocenters. The van der Waals surface area contributed by atoms with Crippen LogP contribution in [0.1, 0.15) is 5.56 Å². The van der Waals surface area contributed by atoms with Crippen molar-refractivity contribution in [2.24, 2.45) is 12.1 Å². The fourth-order valence-corrected chi connectivity index (χ4v) is 2.78. The normalized spacial score (nSPS) is 11.6. The van der Waals surface area contributed by atoms with Gasteiger partial charge in [0, 0.05) is 23.0 Å². The molecule has 0 aliphatic rings. The number of para-hydroxylation sites is 1. The Hall–Kier alpha value is -2.99. The summed E-state index contributed by atoms with van der Waals surface area (Å²) >= 11 is 6.08. The van der Waals surface area contributed by atoms with Gasteiger partial charge >= 0.3 is 0 Å². The quantitative estimate of drug-likeness (QED) is 0.458. The number of hydrogen-bond donors (Lipinski definition) is 1. The Morgan fingerprint density at radius 2 is 1.88 bits per heavy atom. The van der Waals surface area contributed by atoms with E-state index in [4.69, 9.17) is 11.6 Å². The first kappa shape index (κ1) is 14.6. The van der Waals surface area contributed by atoms with E-state index in [0.717, 1.165) is 27.6 Å². The van der Waals surface area contributed by atoms with Gasteiger partial charge in [0.25, 0.3) is 5.95 Å². The third-order valence-electron chi connectivity index (χ3n) is 3.78. The second-order valence-electron chi connectivity index (χ2n) is 5.28. The zero-order chi connectivity index (χ0) is 16.5. The molecule has 0 fully saturated rings. The van der Waals surface area contributed by atoms with E-state index in [-0.39, 0.29) is 0 Å². The molecule has 2 aromatic carbocycles. The number of aryl methyl sites for hydroxylation is 1. The molecule has 0 saturated carbocycles. The second kappa shape index (κ2) is 5.90. The van der Waals surface area contributed by atoms with Crippen LogP contribution < -0.4 is 5.43 Å². The Bertz CT molecular complexity index is 1070. The zero-order valence-corrected chi connectivity index (χ0v) is 13.6. The van der Waals surface area contributed by atoms with Crippen molar-refractivity contribution >= 4 is 45.8 Å². The molecule has 118 valence electrons. The lowest BCUT2D eigenvalue weighted by Gasteiger charge is -2.00. The van der Waals surface area contributed by atoms with Crippen molar-refractivity contribution in [3.8, 4) is 0 Å². The van der Waals surface area contributed by atoms with Crippen molar-refractivity contribution in [1.82, 2.24) is 19.7 Å². The molecule has 7 heteroatoms. The smallest absolute Gasteiger partial charge is 0.265 e. The molecule has 1 N–H and O–H groups in total. The monoisotopic (exact) mass is 336 g/mol. The maximum atomic E-state index is 6.08. The molecule has 4 aromatic rings. The maximum Gasteiger partial charge on any atom is 0.265 e. The highest BCUT2D eigenvalue weighted by atomic mass is 35.5. The van der Waals surface area contributed by atoms with Crippen molar-refractivity contribution in [3.63, 3.8) is 0 Å². The Morgan fingerprint density at radius 1 is 1.08 bits per heavy atom.